The fourth-order valence-electron chi connectivity index (χ4n) is 3.61. The Morgan fingerprint density at radius 3 is 2.71 bits per heavy atom. The maximum atomic E-state index is 12.0. The van der Waals surface area contributed by atoms with Crippen molar-refractivity contribution in [3.05, 3.63) is 0 Å². The van der Waals surface area contributed by atoms with E-state index in [4.69, 9.17) is 0 Å². The predicted octanol–water partition coefficient (Wildman–Crippen LogP) is 0.293. The lowest BCUT2D eigenvalue weighted by atomic mass is 10.1. The summed E-state index contributed by atoms with van der Waals surface area (Å²) >= 11 is 0. The van der Waals surface area contributed by atoms with Crippen LogP contribution in [0.3, 0.4) is 0 Å². The van der Waals surface area contributed by atoms with Crippen molar-refractivity contribution in [1.29, 1.82) is 0 Å². The van der Waals surface area contributed by atoms with E-state index in [1.165, 1.54) is 25.8 Å². The standard InChI is InChI=1S/C13H23N3O/c17-13(15-7-4-14-5-8-15)3-6-16-10-11-1-2-12(16)9-11/h11-12,14H,1-10H2. The number of piperidine rings is 1. The highest BCUT2D eigenvalue weighted by molar-refractivity contribution is 5.76. The van der Waals surface area contributed by atoms with Gasteiger partial charge in [0.1, 0.15) is 0 Å². The zero-order chi connectivity index (χ0) is 11.7. The summed E-state index contributed by atoms with van der Waals surface area (Å²) in [5.41, 5.74) is 0. The summed E-state index contributed by atoms with van der Waals surface area (Å²) in [4.78, 5) is 16.6. The van der Waals surface area contributed by atoms with Gasteiger partial charge in [-0.3, -0.25) is 9.69 Å². The van der Waals surface area contributed by atoms with Crippen molar-refractivity contribution in [2.75, 3.05) is 39.3 Å². The van der Waals surface area contributed by atoms with E-state index in [-0.39, 0.29) is 0 Å². The molecule has 4 heteroatoms. The third-order valence-corrected chi connectivity index (χ3v) is 4.61. The van der Waals surface area contributed by atoms with Gasteiger partial charge in [-0.25, -0.2) is 0 Å². The Labute approximate surface area is 103 Å². The van der Waals surface area contributed by atoms with E-state index in [9.17, 15) is 4.79 Å². The van der Waals surface area contributed by atoms with Crippen molar-refractivity contribution < 1.29 is 4.79 Å². The molecule has 1 N–H and O–H groups in total. The molecule has 1 aliphatic carbocycles. The quantitative estimate of drug-likeness (QED) is 0.766. The molecule has 0 aromatic heterocycles. The van der Waals surface area contributed by atoms with Gasteiger partial charge in [0.25, 0.3) is 0 Å². The topological polar surface area (TPSA) is 35.6 Å². The number of nitrogens with one attached hydrogen (secondary N) is 1. The molecule has 1 saturated carbocycles. The smallest absolute Gasteiger partial charge is 0.223 e. The first kappa shape index (κ1) is 11.5. The minimum absolute atomic E-state index is 0.356. The first-order valence-electron chi connectivity index (χ1n) is 7.05. The highest BCUT2D eigenvalue weighted by Gasteiger charge is 2.37. The van der Waals surface area contributed by atoms with E-state index in [1.807, 2.05) is 4.90 Å². The van der Waals surface area contributed by atoms with Crippen LogP contribution in [0.2, 0.25) is 0 Å². The van der Waals surface area contributed by atoms with Gasteiger partial charge < -0.3 is 10.2 Å². The zero-order valence-corrected chi connectivity index (χ0v) is 10.5. The van der Waals surface area contributed by atoms with E-state index in [0.717, 1.165) is 51.1 Å². The van der Waals surface area contributed by atoms with Crippen molar-refractivity contribution in [3.63, 3.8) is 0 Å². The molecule has 0 spiro atoms. The molecule has 3 aliphatic rings. The van der Waals surface area contributed by atoms with Crippen molar-refractivity contribution in [2.45, 2.75) is 31.7 Å². The largest absolute Gasteiger partial charge is 0.340 e. The van der Waals surface area contributed by atoms with Gasteiger partial charge in [0.2, 0.25) is 5.91 Å². The number of carbonyl (C=O) groups is 1. The number of likely N-dealkylation sites (tertiary alicyclic amines) is 1. The van der Waals surface area contributed by atoms with Crippen LogP contribution in [0.25, 0.3) is 0 Å². The molecule has 2 heterocycles. The highest BCUT2D eigenvalue weighted by atomic mass is 16.2. The molecule has 3 rings (SSSR count). The van der Waals surface area contributed by atoms with Gasteiger partial charge in [-0.2, -0.15) is 0 Å². The van der Waals surface area contributed by atoms with Crippen LogP contribution in [0.5, 0.6) is 0 Å². The summed E-state index contributed by atoms with van der Waals surface area (Å²) in [5.74, 6) is 1.29. The molecular formula is C13H23N3O. The molecule has 4 nitrogen and oxygen atoms in total. The number of hydrogen-bond acceptors (Lipinski definition) is 3. The molecule has 0 radical (unpaired) electrons. The number of piperazine rings is 1. The maximum absolute atomic E-state index is 12.0. The van der Waals surface area contributed by atoms with Crippen LogP contribution in [-0.4, -0.2) is 61.0 Å². The first-order chi connectivity index (χ1) is 8.33. The molecule has 0 aromatic rings. The van der Waals surface area contributed by atoms with Crippen molar-refractivity contribution >= 4 is 5.91 Å². The molecule has 3 fully saturated rings. The van der Waals surface area contributed by atoms with Gasteiger partial charge in [-0.15, -0.1) is 0 Å². The highest BCUT2D eigenvalue weighted by Crippen LogP contribution is 2.37. The normalized spacial score (nSPS) is 33.3. The molecule has 2 unspecified atom stereocenters. The lowest BCUT2D eigenvalue weighted by Crippen LogP contribution is -2.47. The molecule has 17 heavy (non-hydrogen) atoms. The summed E-state index contributed by atoms with van der Waals surface area (Å²) in [5, 5.41) is 3.28. The minimum atomic E-state index is 0.356. The molecule has 2 bridgehead atoms. The lowest BCUT2D eigenvalue weighted by Gasteiger charge is -2.30. The monoisotopic (exact) mass is 237 g/mol. The van der Waals surface area contributed by atoms with Crippen LogP contribution < -0.4 is 5.32 Å². The van der Waals surface area contributed by atoms with E-state index < -0.39 is 0 Å². The second-order valence-corrected chi connectivity index (χ2v) is 5.71. The molecule has 1 amide bonds. The molecule has 2 atom stereocenters. The number of nitrogens with zero attached hydrogens (tertiary/aromatic N) is 2. The van der Waals surface area contributed by atoms with Gasteiger partial charge in [-0.05, 0) is 25.2 Å². The van der Waals surface area contributed by atoms with Crippen LogP contribution in [0, 0.1) is 5.92 Å². The Kier molecular flexibility index (Phi) is 3.34. The predicted molar refractivity (Wildman–Crippen MR) is 66.8 cm³/mol. The SMILES string of the molecule is O=C(CCN1CC2CCC1C2)N1CCNCC1. The number of hydrogen-bond donors (Lipinski definition) is 1. The summed E-state index contributed by atoms with van der Waals surface area (Å²) in [6, 6.07) is 0.802. The van der Waals surface area contributed by atoms with Crippen LogP contribution >= 0.6 is 0 Å². The second-order valence-electron chi connectivity index (χ2n) is 5.71. The first-order valence-corrected chi connectivity index (χ1v) is 7.05. The van der Waals surface area contributed by atoms with Crippen molar-refractivity contribution in [1.82, 2.24) is 15.1 Å². The summed E-state index contributed by atoms with van der Waals surface area (Å²) in [6.45, 7) is 5.94. The Morgan fingerprint density at radius 2 is 2.06 bits per heavy atom. The zero-order valence-electron chi connectivity index (χ0n) is 10.5. The number of carbonyl (C=O) groups excluding carboxylic acids is 1. The maximum Gasteiger partial charge on any atom is 0.223 e. The van der Waals surface area contributed by atoms with E-state index >= 15 is 0 Å². The average Bonchev–Trinajstić information content (AvgIpc) is 2.99. The Balaban J connectivity index is 1.43. The third kappa shape index (κ3) is 2.47. The van der Waals surface area contributed by atoms with Gasteiger partial charge in [-0.1, -0.05) is 0 Å². The van der Waals surface area contributed by atoms with Gasteiger partial charge >= 0.3 is 0 Å². The van der Waals surface area contributed by atoms with Gasteiger partial charge in [0.05, 0.1) is 0 Å². The summed E-state index contributed by atoms with van der Waals surface area (Å²) in [6.07, 6.45) is 4.91. The Bertz CT molecular complexity index is 288. The van der Waals surface area contributed by atoms with Crippen LogP contribution in [0.4, 0.5) is 0 Å². The van der Waals surface area contributed by atoms with Gasteiger partial charge in [0, 0.05) is 51.7 Å². The molecule has 2 saturated heterocycles. The van der Waals surface area contributed by atoms with E-state index in [2.05, 4.69) is 10.2 Å². The van der Waals surface area contributed by atoms with Crippen molar-refractivity contribution in [2.24, 2.45) is 5.92 Å². The molecular weight excluding hydrogens is 214 g/mol. The Hall–Kier alpha value is -0.610. The average molecular weight is 237 g/mol. The number of fused-ring (bicyclic) bond motifs is 2. The lowest BCUT2D eigenvalue weighted by molar-refractivity contribution is -0.132. The van der Waals surface area contributed by atoms with Gasteiger partial charge in [0.15, 0.2) is 0 Å². The van der Waals surface area contributed by atoms with Crippen LogP contribution in [0.1, 0.15) is 25.7 Å². The number of rotatable bonds is 3. The fourth-order valence-corrected chi connectivity index (χ4v) is 3.61. The van der Waals surface area contributed by atoms with Crippen LogP contribution in [0.15, 0.2) is 0 Å². The minimum Gasteiger partial charge on any atom is -0.340 e. The van der Waals surface area contributed by atoms with E-state index in [0.29, 0.717) is 5.91 Å². The summed E-state index contributed by atoms with van der Waals surface area (Å²) in [7, 11) is 0. The number of amides is 1. The van der Waals surface area contributed by atoms with E-state index in [1.54, 1.807) is 0 Å². The molecule has 96 valence electrons. The fraction of sp³-hybridized carbons (Fsp3) is 0.923. The van der Waals surface area contributed by atoms with Crippen molar-refractivity contribution in [3.8, 4) is 0 Å². The molecule has 0 aromatic carbocycles. The second kappa shape index (κ2) is 4.94. The van der Waals surface area contributed by atoms with Crippen LogP contribution in [-0.2, 0) is 4.79 Å². The molecule has 2 aliphatic heterocycles. The summed E-state index contributed by atoms with van der Waals surface area (Å²) < 4.78 is 0. The third-order valence-electron chi connectivity index (χ3n) is 4.61. The Morgan fingerprint density at radius 1 is 1.24 bits per heavy atom.